The van der Waals surface area contributed by atoms with Gasteiger partial charge in [-0.25, -0.2) is 0 Å². The lowest BCUT2D eigenvalue weighted by atomic mass is 10.2. The molecule has 2 N–H and O–H groups in total. The highest BCUT2D eigenvalue weighted by atomic mass is 16.5. The monoisotopic (exact) mass is 260 g/mol. The summed E-state index contributed by atoms with van der Waals surface area (Å²) in [6.07, 6.45) is 1.64. The normalized spacial score (nSPS) is 15.4. The lowest BCUT2D eigenvalue weighted by molar-refractivity contribution is -0.123. The van der Waals surface area contributed by atoms with Crippen molar-refractivity contribution in [1.29, 1.82) is 5.26 Å². The first kappa shape index (κ1) is 13.4. The first-order valence-corrected chi connectivity index (χ1v) is 6.27. The molecule has 1 aliphatic carbocycles. The van der Waals surface area contributed by atoms with E-state index in [4.69, 9.17) is 10.00 Å². The van der Waals surface area contributed by atoms with Crippen molar-refractivity contribution in [3.8, 4) is 11.8 Å². The highest BCUT2D eigenvalue weighted by Crippen LogP contribution is 2.32. The summed E-state index contributed by atoms with van der Waals surface area (Å²) < 4.78 is 5.27. The molecule has 0 saturated heterocycles. The van der Waals surface area contributed by atoms with Crippen LogP contribution in [0.2, 0.25) is 0 Å². The third-order valence-corrected chi connectivity index (χ3v) is 3.03. The van der Waals surface area contributed by atoms with Crippen LogP contribution in [0.4, 0.5) is 0 Å². The Kier molecular flexibility index (Phi) is 4.37. The second-order valence-electron chi connectivity index (χ2n) is 4.63. The van der Waals surface area contributed by atoms with E-state index in [2.05, 4.69) is 5.32 Å². The van der Waals surface area contributed by atoms with E-state index in [0.29, 0.717) is 17.2 Å². The highest BCUT2D eigenvalue weighted by Gasteiger charge is 2.29. The molecular weight excluding hydrogens is 244 g/mol. The van der Waals surface area contributed by atoms with Crippen LogP contribution in [0, 0.1) is 17.2 Å². The molecule has 1 aliphatic rings. The summed E-state index contributed by atoms with van der Waals surface area (Å²) in [7, 11) is 0. The van der Waals surface area contributed by atoms with Gasteiger partial charge in [0.15, 0.2) is 6.61 Å². The van der Waals surface area contributed by atoms with Gasteiger partial charge in [0.05, 0.1) is 17.7 Å². The molecule has 0 spiro atoms. The summed E-state index contributed by atoms with van der Waals surface area (Å²) in [6, 6.07) is 8.55. The SMILES string of the molecule is N#Cc1ccc(OCC(=O)NCC(O)C2CC2)cc1. The summed E-state index contributed by atoms with van der Waals surface area (Å²) in [5, 5.41) is 20.9. The molecule has 1 aromatic carbocycles. The number of nitrogens with zero attached hydrogens (tertiary/aromatic N) is 1. The van der Waals surface area contributed by atoms with E-state index in [0.717, 1.165) is 12.8 Å². The van der Waals surface area contributed by atoms with Crippen molar-refractivity contribution in [3.63, 3.8) is 0 Å². The molecule has 1 fully saturated rings. The molecule has 19 heavy (non-hydrogen) atoms. The van der Waals surface area contributed by atoms with Crippen LogP contribution in [0.25, 0.3) is 0 Å². The third-order valence-electron chi connectivity index (χ3n) is 3.03. The zero-order valence-corrected chi connectivity index (χ0v) is 10.5. The number of carbonyl (C=O) groups excluding carboxylic acids is 1. The molecule has 1 aromatic rings. The van der Waals surface area contributed by atoms with Crippen LogP contribution in [-0.2, 0) is 4.79 Å². The number of aliphatic hydroxyl groups excluding tert-OH is 1. The Hall–Kier alpha value is -2.06. The van der Waals surface area contributed by atoms with Gasteiger partial charge in [0.2, 0.25) is 0 Å². The molecule has 100 valence electrons. The molecule has 5 heteroatoms. The van der Waals surface area contributed by atoms with E-state index in [1.54, 1.807) is 24.3 Å². The maximum Gasteiger partial charge on any atom is 0.258 e. The fourth-order valence-corrected chi connectivity index (χ4v) is 1.69. The summed E-state index contributed by atoms with van der Waals surface area (Å²) in [4.78, 5) is 11.5. The predicted octanol–water partition coefficient (Wildman–Crippen LogP) is 0.824. The van der Waals surface area contributed by atoms with E-state index in [1.165, 1.54) is 0 Å². The molecule has 1 atom stereocenters. The smallest absolute Gasteiger partial charge is 0.258 e. The Balaban J connectivity index is 1.68. The number of hydrogen-bond acceptors (Lipinski definition) is 4. The highest BCUT2D eigenvalue weighted by molar-refractivity contribution is 5.77. The number of ether oxygens (including phenoxy) is 1. The Morgan fingerprint density at radius 2 is 2.16 bits per heavy atom. The number of rotatable bonds is 6. The predicted molar refractivity (Wildman–Crippen MR) is 68.4 cm³/mol. The Bertz CT molecular complexity index is 474. The molecule has 1 saturated carbocycles. The Labute approximate surface area is 111 Å². The van der Waals surface area contributed by atoms with Crippen LogP contribution < -0.4 is 10.1 Å². The maximum absolute atomic E-state index is 11.5. The summed E-state index contributed by atoms with van der Waals surface area (Å²) >= 11 is 0. The van der Waals surface area contributed by atoms with Gasteiger partial charge in [-0.2, -0.15) is 5.26 Å². The van der Waals surface area contributed by atoms with Gasteiger partial charge in [0.1, 0.15) is 5.75 Å². The zero-order valence-electron chi connectivity index (χ0n) is 10.5. The number of aliphatic hydroxyl groups is 1. The van der Waals surface area contributed by atoms with Gasteiger partial charge in [-0.15, -0.1) is 0 Å². The van der Waals surface area contributed by atoms with Crippen LogP contribution in [-0.4, -0.2) is 30.3 Å². The average molecular weight is 260 g/mol. The molecule has 0 heterocycles. The van der Waals surface area contributed by atoms with Crippen molar-refractivity contribution in [2.75, 3.05) is 13.2 Å². The summed E-state index contributed by atoms with van der Waals surface area (Å²) in [6.45, 7) is 0.184. The fourth-order valence-electron chi connectivity index (χ4n) is 1.69. The molecule has 0 aromatic heterocycles. The van der Waals surface area contributed by atoms with Crippen molar-refractivity contribution >= 4 is 5.91 Å². The van der Waals surface area contributed by atoms with Crippen molar-refractivity contribution in [1.82, 2.24) is 5.32 Å². The number of nitrogens with one attached hydrogen (secondary N) is 1. The van der Waals surface area contributed by atoms with E-state index in [-0.39, 0.29) is 19.1 Å². The number of amides is 1. The van der Waals surface area contributed by atoms with Gasteiger partial charge in [0, 0.05) is 6.54 Å². The Morgan fingerprint density at radius 3 is 2.74 bits per heavy atom. The van der Waals surface area contributed by atoms with Gasteiger partial charge in [0.25, 0.3) is 5.91 Å². The van der Waals surface area contributed by atoms with Crippen LogP contribution in [0.15, 0.2) is 24.3 Å². The number of hydrogen-bond donors (Lipinski definition) is 2. The molecular formula is C14H16N2O3. The number of carbonyl (C=O) groups is 1. The maximum atomic E-state index is 11.5. The van der Waals surface area contributed by atoms with Crippen LogP contribution in [0.1, 0.15) is 18.4 Å². The van der Waals surface area contributed by atoms with Crippen molar-refractivity contribution in [3.05, 3.63) is 29.8 Å². The average Bonchev–Trinajstić information content (AvgIpc) is 3.27. The minimum absolute atomic E-state index is 0.0940. The molecule has 2 rings (SSSR count). The molecule has 1 unspecified atom stereocenters. The van der Waals surface area contributed by atoms with E-state index in [1.807, 2.05) is 6.07 Å². The van der Waals surface area contributed by atoms with E-state index in [9.17, 15) is 9.90 Å². The quantitative estimate of drug-likeness (QED) is 0.793. The topological polar surface area (TPSA) is 82.3 Å². The van der Waals surface area contributed by atoms with Gasteiger partial charge in [-0.3, -0.25) is 4.79 Å². The van der Waals surface area contributed by atoms with Gasteiger partial charge >= 0.3 is 0 Å². The van der Waals surface area contributed by atoms with Crippen molar-refractivity contribution < 1.29 is 14.6 Å². The second-order valence-corrected chi connectivity index (χ2v) is 4.63. The third kappa shape index (κ3) is 4.27. The summed E-state index contributed by atoms with van der Waals surface area (Å²) in [5.41, 5.74) is 0.546. The molecule has 1 amide bonds. The van der Waals surface area contributed by atoms with Crippen molar-refractivity contribution in [2.45, 2.75) is 18.9 Å². The minimum atomic E-state index is -0.445. The van der Waals surface area contributed by atoms with Gasteiger partial charge < -0.3 is 15.2 Å². The lowest BCUT2D eigenvalue weighted by Crippen LogP contribution is -2.36. The zero-order chi connectivity index (χ0) is 13.7. The largest absolute Gasteiger partial charge is 0.484 e. The second kappa shape index (κ2) is 6.21. The standard InChI is InChI=1S/C14H16N2O3/c15-7-10-1-5-12(6-2-10)19-9-14(18)16-8-13(17)11-3-4-11/h1-2,5-6,11,13,17H,3-4,8-9H2,(H,16,18). The van der Waals surface area contributed by atoms with Gasteiger partial charge in [-0.1, -0.05) is 0 Å². The lowest BCUT2D eigenvalue weighted by Gasteiger charge is -2.11. The van der Waals surface area contributed by atoms with Crippen LogP contribution in [0.3, 0.4) is 0 Å². The van der Waals surface area contributed by atoms with E-state index < -0.39 is 6.10 Å². The number of benzene rings is 1. The molecule has 5 nitrogen and oxygen atoms in total. The number of nitriles is 1. The molecule has 0 aliphatic heterocycles. The Morgan fingerprint density at radius 1 is 1.47 bits per heavy atom. The van der Waals surface area contributed by atoms with Gasteiger partial charge in [-0.05, 0) is 43.0 Å². The van der Waals surface area contributed by atoms with Crippen LogP contribution in [0.5, 0.6) is 5.75 Å². The first-order valence-electron chi connectivity index (χ1n) is 6.27. The first-order chi connectivity index (χ1) is 9.19. The van der Waals surface area contributed by atoms with Crippen LogP contribution >= 0.6 is 0 Å². The van der Waals surface area contributed by atoms with Crippen molar-refractivity contribution in [2.24, 2.45) is 5.92 Å². The molecule has 0 bridgehead atoms. The summed E-state index contributed by atoms with van der Waals surface area (Å²) in [5.74, 6) is 0.626. The molecule has 0 radical (unpaired) electrons. The fraction of sp³-hybridized carbons (Fsp3) is 0.429. The minimum Gasteiger partial charge on any atom is -0.484 e. The van der Waals surface area contributed by atoms with E-state index >= 15 is 0 Å².